The molecular formula is C22H21N3O5. The summed E-state index contributed by atoms with van der Waals surface area (Å²) in [6, 6.07) is 13.2. The van der Waals surface area contributed by atoms with E-state index in [1.54, 1.807) is 12.1 Å². The number of aromatic nitrogens is 2. The van der Waals surface area contributed by atoms with Gasteiger partial charge in [0.25, 0.3) is 5.91 Å². The highest BCUT2D eigenvalue weighted by molar-refractivity contribution is 5.78. The van der Waals surface area contributed by atoms with E-state index in [0.717, 1.165) is 42.0 Å². The van der Waals surface area contributed by atoms with Crippen molar-refractivity contribution in [3.05, 3.63) is 54.4 Å². The molecule has 0 bridgehead atoms. The highest BCUT2D eigenvalue weighted by Gasteiger charge is 2.31. The molecule has 2 aromatic carbocycles. The average Bonchev–Trinajstić information content (AvgIpc) is 3.50. The maximum atomic E-state index is 12.9. The van der Waals surface area contributed by atoms with Crippen LogP contribution in [0.3, 0.4) is 0 Å². The van der Waals surface area contributed by atoms with Crippen LogP contribution in [-0.2, 0) is 4.79 Å². The number of amides is 1. The Morgan fingerprint density at radius 1 is 1.10 bits per heavy atom. The van der Waals surface area contributed by atoms with Crippen molar-refractivity contribution >= 4 is 5.91 Å². The Kier molecular flexibility index (Phi) is 4.96. The number of carbonyl (C=O) groups excluding carboxylic acids is 1. The molecule has 1 amide bonds. The largest absolute Gasteiger partial charge is 0.486 e. The fourth-order valence-electron chi connectivity index (χ4n) is 3.90. The standard InChI is InChI=1S/C22H21N3O5/c26-21(13-29-17-6-3-15(4-7-17)22-24-23-14-30-22)25-9-1-2-18(25)16-5-8-19-20(12-16)28-11-10-27-19/h3-8,12,14,18H,1-2,9-11,13H2/t18-/m0/s1. The number of benzene rings is 2. The van der Waals surface area contributed by atoms with Crippen LogP contribution in [-0.4, -0.2) is 47.4 Å². The van der Waals surface area contributed by atoms with E-state index in [1.165, 1.54) is 6.39 Å². The molecule has 2 aliphatic heterocycles. The summed E-state index contributed by atoms with van der Waals surface area (Å²) >= 11 is 0. The summed E-state index contributed by atoms with van der Waals surface area (Å²) in [5.74, 6) is 2.52. The van der Waals surface area contributed by atoms with Gasteiger partial charge in [0.1, 0.15) is 19.0 Å². The molecule has 0 saturated carbocycles. The summed E-state index contributed by atoms with van der Waals surface area (Å²) in [6.45, 7) is 1.81. The van der Waals surface area contributed by atoms with E-state index in [-0.39, 0.29) is 18.6 Å². The summed E-state index contributed by atoms with van der Waals surface area (Å²) in [5, 5.41) is 7.54. The fourth-order valence-corrected chi connectivity index (χ4v) is 3.90. The predicted molar refractivity (Wildman–Crippen MR) is 106 cm³/mol. The minimum absolute atomic E-state index is 0.0129. The molecule has 1 aromatic heterocycles. The normalized spacial score (nSPS) is 17.7. The van der Waals surface area contributed by atoms with Crippen LogP contribution in [0.5, 0.6) is 17.2 Å². The third-order valence-electron chi connectivity index (χ3n) is 5.35. The van der Waals surface area contributed by atoms with Crippen molar-refractivity contribution in [2.24, 2.45) is 0 Å². The number of likely N-dealkylation sites (tertiary alicyclic amines) is 1. The van der Waals surface area contributed by atoms with E-state index in [0.29, 0.717) is 24.9 Å². The van der Waals surface area contributed by atoms with Crippen LogP contribution >= 0.6 is 0 Å². The molecule has 0 radical (unpaired) electrons. The average molecular weight is 407 g/mol. The van der Waals surface area contributed by atoms with Crippen molar-refractivity contribution in [2.45, 2.75) is 18.9 Å². The Hall–Kier alpha value is -3.55. The topological polar surface area (TPSA) is 86.9 Å². The molecule has 8 heteroatoms. The molecule has 3 heterocycles. The van der Waals surface area contributed by atoms with Gasteiger partial charge >= 0.3 is 0 Å². The Balaban J connectivity index is 1.23. The van der Waals surface area contributed by atoms with Gasteiger partial charge in [-0.15, -0.1) is 10.2 Å². The zero-order valence-corrected chi connectivity index (χ0v) is 16.3. The Labute approximate surface area is 173 Å². The predicted octanol–water partition coefficient (Wildman–Crippen LogP) is 3.25. The van der Waals surface area contributed by atoms with Crippen LogP contribution in [0.15, 0.2) is 53.3 Å². The fraction of sp³-hybridized carbons (Fsp3) is 0.318. The molecule has 0 spiro atoms. The number of fused-ring (bicyclic) bond motifs is 1. The number of nitrogens with zero attached hydrogens (tertiary/aromatic N) is 3. The van der Waals surface area contributed by atoms with Crippen molar-refractivity contribution in [3.63, 3.8) is 0 Å². The molecule has 0 aliphatic carbocycles. The van der Waals surface area contributed by atoms with Gasteiger partial charge in [0.15, 0.2) is 18.1 Å². The van der Waals surface area contributed by atoms with E-state index in [9.17, 15) is 4.79 Å². The zero-order chi connectivity index (χ0) is 20.3. The molecule has 0 N–H and O–H groups in total. The monoisotopic (exact) mass is 407 g/mol. The first-order valence-electron chi connectivity index (χ1n) is 9.96. The maximum absolute atomic E-state index is 12.9. The molecule has 0 unspecified atom stereocenters. The molecule has 5 rings (SSSR count). The first kappa shape index (κ1) is 18.5. The second-order valence-corrected chi connectivity index (χ2v) is 7.21. The Morgan fingerprint density at radius 3 is 2.73 bits per heavy atom. The minimum Gasteiger partial charge on any atom is -0.486 e. The summed E-state index contributed by atoms with van der Waals surface area (Å²) in [5.41, 5.74) is 1.86. The van der Waals surface area contributed by atoms with E-state index in [1.807, 2.05) is 35.2 Å². The van der Waals surface area contributed by atoms with Gasteiger partial charge < -0.3 is 23.5 Å². The summed E-state index contributed by atoms with van der Waals surface area (Å²) in [4.78, 5) is 14.7. The molecule has 30 heavy (non-hydrogen) atoms. The quantitative estimate of drug-likeness (QED) is 0.642. The molecule has 1 fully saturated rings. The number of hydrogen-bond acceptors (Lipinski definition) is 7. The van der Waals surface area contributed by atoms with Crippen molar-refractivity contribution in [2.75, 3.05) is 26.4 Å². The Morgan fingerprint density at radius 2 is 1.93 bits per heavy atom. The van der Waals surface area contributed by atoms with Gasteiger partial charge in [-0.3, -0.25) is 4.79 Å². The van der Waals surface area contributed by atoms with Crippen LogP contribution in [0.4, 0.5) is 0 Å². The van der Waals surface area contributed by atoms with Crippen molar-refractivity contribution in [1.82, 2.24) is 15.1 Å². The molecule has 3 aromatic rings. The smallest absolute Gasteiger partial charge is 0.261 e. The lowest BCUT2D eigenvalue weighted by molar-refractivity contribution is -0.134. The number of hydrogen-bond donors (Lipinski definition) is 0. The Bertz CT molecular complexity index is 1020. The van der Waals surface area contributed by atoms with Gasteiger partial charge in [-0.1, -0.05) is 6.07 Å². The molecular weight excluding hydrogens is 386 g/mol. The van der Waals surface area contributed by atoms with E-state index < -0.39 is 0 Å². The third-order valence-corrected chi connectivity index (χ3v) is 5.35. The highest BCUT2D eigenvalue weighted by atomic mass is 16.6. The van der Waals surface area contributed by atoms with Gasteiger partial charge in [-0.2, -0.15) is 0 Å². The van der Waals surface area contributed by atoms with Crippen LogP contribution in [0, 0.1) is 0 Å². The van der Waals surface area contributed by atoms with E-state index in [4.69, 9.17) is 18.6 Å². The molecule has 8 nitrogen and oxygen atoms in total. The number of rotatable bonds is 5. The molecule has 1 saturated heterocycles. The van der Waals surface area contributed by atoms with Crippen LogP contribution in [0.2, 0.25) is 0 Å². The summed E-state index contributed by atoms with van der Waals surface area (Å²) in [6.07, 6.45) is 3.17. The summed E-state index contributed by atoms with van der Waals surface area (Å²) in [7, 11) is 0. The van der Waals surface area contributed by atoms with Gasteiger partial charge in [0.05, 0.1) is 6.04 Å². The SMILES string of the molecule is O=C(COc1ccc(-c2nnco2)cc1)N1CCC[C@H]1c1ccc2c(c1)OCCO2. The van der Waals surface area contributed by atoms with Crippen LogP contribution in [0.1, 0.15) is 24.4 Å². The number of ether oxygens (including phenoxy) is 3. The highest BCUT2D eigenvalue weighted by Crippen LogP contribution is 2.38. The second kappa shape index (κ2) is 8.06. The second-order valence-electron chi connectivity index (χ2n) is 7.21. The first-order valence-corrected chi connectivity index (χ1v) is 9.96. The first-order chi connectivity index (χ1) is 14.8. The lowest BCUT2D eigenvalue weighted by atomic mass is 10.0. The van der Waals surface area contributed by atoms with Crippen molar-refractivity contribution < 1.29 is 23.4 Å². The maximum Gasteiger partial charge on any atom is 0.261 e. The zero-order valence-electron chi connectivity index (χ0n) is 16.3. The minimum atomic E-state index is -0.0339. The molecule has 1 atom stereocenters. The molecule has 154 valence electrons. The van der Waals surface area contributed by atoms with Crippen molar-refractivity contribution in [1.29, 1.82) is 0 Å². The van der Waals surface area contributed by atoms with Crippen molar-refractivity contribution in [3.8, 4) is 28.7 Å². The van der Waals surface area contributed by atoms with E-state index >= 15 is 0 Å². The van der Waals surface area contributed by atoms with E-state index in [2.05, 4.69) is 10.2 Å². The lowest BCUT2D eigenvalue weighted by Crippen LogP contribution is -2.34. The van der Waals surface area contributed by atoms with Gasteiger partial charge in [-0.05, 0) is 54.8 Å². The summed E-state index contributed by atoms with van der Waals surface area (Å²) < 4.78 is 22.2. The van der Waals surface area contributed by atoms with Gasteiger partial charge in [-0.25, -0.2) is 0 Å². The van der Waals surface area contributed by atoms with Gasteiger partial charge in [0, 0.05) is 12.1 Å². The third kappa shape index (κ3) is 3.68. The van der Waals surface area contributed by atoms with Gasteiger partial charge in [0.2, 0.25) is 12.3 Å². The lowest BCUT2D eigenvalue weighted by Gasteiger charge is -2.26. The van der Waals surface area contributed by atoms with Crippen LogP contribution in [0.25, 0.3) is 11.5 Å². The number of carbonyl (C=O) groups is 1. The van der Waals surface area contributed by atoms with Crippen LogP contribution < -0.4 is 14.2 Å². The molecule has 2 aliphatic rings.